The number of nitrogens with one attached hydrogen (secondary N) is 2. The zero-order valence-electron chi connectivity index (χ0n) is 16.0. The molecule has 0 bridgehead atoms. The van der Waals surface area contributed by atoms with E-state index in [2.05, 4.69) is 15.8 Å². The summed E-state index contributed by atoms with van der Waals surface area (Å²) in [6, 6.07) is 13.9. The zero-order valence-corrected chi connectivity index (χ0v) is 16.8. The number of nitrogens with zero attached hydrogens (tertiary/aromatic N) is 1. The van der Waals surface area contributed by atoms with Crippen molar-refractivity contribution in [2.24, 2.45) is 0 Å². The lowest BCUT2D eigenvalue weighted by Gasteiger charge is -2.15. The van der Waals surface area contributed by atoms with Crippen LogP contribution >= 0.6 is 0 Å². The highest BCUT2D eigenvalue weighted by molar-refractivity contribution is 7.89. The minimum Gasteiger partial charge on any atom is -0.354 e. The normalized spacial score (nSPS) is 12.6. The smallest absolute Gasteiger partial charge is 0.255 e. The lowest BCUT2D eigenvalue weighted by Crippen LogP contribution is -2.47. The highest BCUT2D eigenvalue weighted by Gasteiger charge is 2.18. The molecule has 0 aliphatic heterocycles. The molecule has 0 aliphatic rings. The number of carbonyl (C=O) groups excluding carboxylic acids is 1. The number of benzene rings is 1. The first-order chi connectivity index (χ1) is 13.8. The zero-order chi connectivity index (χ0) is 21.0. The minimum absolute atomic E-state index is 0.0741. The van der Waals surface area contributed by atoms with E-state index in [0.29, 0.717) is 12.1 Å². The second-order valence-electron chi connectivity index (χ2n) is 6.71. The number of amides is 1. The first kappa shape index (κ1) is 20.7. The summed E-state index contributed by atoms with van der Waals surface area (Å²) in [5.74, 6) is -0.448. The van der Waals surface area contributed by atoms with Crippen LogP contribution in [0, 0.1) is 0 Å². The molecule has 1 amide bonds. The van der Waals surface area contributed by atoms with Crippen LogP contribution in [0.2, 0.25) is 0 Å². The molecular formula is C20H23N4O4S+. The quantitative estimate of drug-likeness (QED) is 0.508. The van der Waals surface area contributed by atoms with Crippen molar-refractivity contribution in [3.63, 3.8) is 0 Å². The van der Waals surface area contributed by atoms with E-state index in [0.717, 1.165) is 5.56 Å². The van der Waals surface area contributed by atoms with Gasteiger partial charge in [0.2, 0.25) is 10.0 Å². The Hall–Kier alpha value is -3.01. The van der Waals surface area contributed by atoms with Crippen LogP contribution in [0.3, 0.4) is 0 Å². The second-order valence-corrected chi connectivity index (χ2v) is 8.42. The van der Waals surface area contributed by atoms with Crippen LogP contribution in [0.1, 0.15) is 22.8 Å². The highest BCUT2D eigenvalue weighted by Crippen LogP contribution is 2.09. The van der Waals surface area contributed by atoms with Crippen LogP contribution < -0.4 is 21.3 Å². The van der Waals surface area contributed by atoms with Crippen molar-refractivity contribution in [2.45, 2.75) is 24.4 Å². The van der Waals surface area contributed by atoms with Gasteiger partial charge < -0.3 is 11.1 Å². The summed E-state index contributed by atoms with van der Waals surface area (Å²) in [7, 11) is -3.67. The molecule has 1 aromatic carbocycles. The SMILES string of the molecule is C[C@H](CNC(=O)c1cc(=O)n2cc(C[NH3+])ccc2c1)NS(=O)(=O)c1ccccc1. The van der Waals surface area contributed by atoms with Gasteiger partial charge in [0.1, 0.15) is 6.54 Å². The molecule has 0 saturated carbocycles. The fraction of sp³-hybridized carbons (Fsp3) is 0.200. The number of carbonyl (C=O) groups is 1. The Morgan fingerprint density at radius 1 is 1.14 bits per heavy atom. The predicted molar refractivity (Wildman–Crippen MR) is 109 cm³/mol. The van der Waals surface area contributed by atoms with E-state index in [1.807, 2.05) is 6.07 Å². The number of quaternary nitrogens is 1. The third kappa shape index (κ3) is 4.89. The Morgan fingerprint density at radius 3 is 2.55 bits per heavy atom. The van der Waals surface area contributed by atoms with Crippen molar-refractivity contribution < 1.29 is 18.9 Å². The Kier molecular flexibility index (Phi) is 6.12. The number of hydrogen-bond donors (Lipinski definition) is 3. The Bertz CT molecular complexity index is 1190. The molecule has 2 heterocycles. The van der Waals surface area contributed by atoms with E-state index in [4.69, 9.17) is 0 Å². The molecule has 3 rings (SSSR count). The van der Waals surface area contributed by atoms with Crippen LogP contribution in [-0.2, 0) is 16.6 Å². The van der Waals surface area contributed by atoms with Crippen LogP contribution in [0.25, 0.3) is 5.52 Å². The first-order valence-corrected chi connectivity index (χ1v) is 10.6. The van der Waals surface area contributed by atoms with Crippen molar-refractivity contribution >= 4 is 21.4 Å². The summed E-state index contributed by atoms with van der Waals surface area (Å²) in [4.78, 5) is 24.9. The molecule has 0 aliphatic carbocycles. The van der Waals surface area contributed by atoms with Crippen molar-refractivity contribution in [1.29, 1.82) is 0 Å². The topological polar surface area (TPSA) is 124 Å². The maximum atomic E-state index is 12.5. The third-order valence-corrected chi connectivity index (χ3v) is 6.00. The molecule has 0 fully saturated rings. The molecule has 0 unspecified atom stereocenters. The molecule has 152 valence electrons. The number of sulfonamides is 1. The maximum Gasteiger partial charge on any atom is 0.255 e. The van der Waals surface area contributed by atoms with Crippen molar-refractivity contribution in [3.8, 4) is 0 Å². The molecule has 0 spiro atoms. The summed E-state index contributed by atoms with van der Waals surface area (Å²) in [5, 5.41) is 2.66. The number of aromatic nitrogens is 1. The fourth-order valence-corrected chi connectivity index (χ4v) is 4.13. The molecule has 1 atom stereocenters. The summed E-state index contributed by atoms with van der Waals surface area (Å²) in [6.45, 7) is 2.28. The maximum absolute atomic E-state index is 12.5. The van der Waals surface area contributed by atoms with Crippen LogP contribution in [0.15, 0.2) is 70.5 Å². The van der Waals surface area contributed by atoms with Gasteiger partial charge in [-0.15, -0.1) is 0 Å². The van der Waals surface area contributed by atoms with Crippen LogP contribution in [0.4, 0.5) is 0 Å². The lowest BCUT2D eigenvalue weighted by atomic mass is 10.2. The minimum atomic E-state index is -3.67. The van der Waals surface area contributed by atoms with Crippen LogP contribution in [0.5, 0.6) is 0 Å². The monoisotopic (exact) mass is 415 g/mol. The molecule has 29 heavy (non-hydrogen) atoms. The van der Waals surface area contributed by atoms with Gasteiger partial charge in [0.05, 0.1) is 4.90 Å². The van der Waals surface area contributed by atoms with Gasteiger partial charge in [-0.2, -0.15) is 0 Å². The average molecular weight is 415 g/mol. The summed E-state index contributed by atoms with van der Waals surface area (Å²) in [6.07, 6.45) is 1.70. The largest absolute Gasteiger partial charge is 0.354 e. The lowest BCUT2D eigenvalue weighted by molar-refractivity contribution is -0.386. The van der Waals surface area contributed by atoms with Gasteiger partial charge in [-0.25, -0.2) is 13.1 Å². The Balaban J connectivity index is 1.68. The second kappa shape index (κ2) is 8.56. The molecule has 2 aromatic heterocycles. The van der Waals surface area contributed by atoms with E-state index in [1.165, 1.54) is 22.6 Å². The van der Waals surface area contributed by atoms with Crippen molar-refractivity contribution in [1.82, 2.24) is 14.4 Å². The van der Waals surface area contributed by atoms with Gasteiger partial charge in [-0.3, -0.25) is 14.0 Å². The molecule has 5 N–H and O–H groups in total. The molecule has 0 radical (unpaired) electrons. The molecule has 8 nitrogen and oxygen atoms in total. The van der Waals surface area contributed by atoms with Gasteiger partial charge in [0, 0.05) is 41.5 Å². The van der Waals surface area contributed by atoms with Crippen molar-refractivity contribution in [2.75, 3.05) is 6.54 Å². The standard InChI is InChI=1S/C20H22N4O4S/c1-14(23-29(27,28)18-5-3-2-4-6-18)12-22-20(26)16-9-17-8-7-15(11-21)13-24(17)19(25)10-16/h2-10,13-14,23H,11-12,21H2,1H3,(H,22,26)/p+1/t14-/m1/s1. The average Bonchev–Trinajstić information content (AvgIpc) is 2.72. The predicted octanol–water partition coefficient (Wildman–Crippen LogP) is 0.138. The molecule has 3 aromatic rings. The number of hydrogen-bond acceptors (Lipinski definition) is 4. The van der Waals surface area contributed by atoms with E-state index < -0.39 is 22.0 Å². The summed E-state index contributed by atoms with van der Waals surface area (Å²) >= 11 is 0. The van der Waals surface area contributed by atoms with Gasteiger partial charge in [-0.05, 0) is 37.3 Å². The Morgan fingerprint density at radius 2 is 1.86 bits per heavy atom. The first-order valence-electron chi connectivity index (χ1n) is 9.10. The van der Waals surface area contributed by atoms with Gasteiger partial charge in [0.25, 0.3) is 11.5 Å². The summed E-state index contributed by atoms with van der Waals surface area (Å²) < 4.78 is 28.6. The Labute approximate surface area is 168 Å². The molecule has 0 saturated heterocycles. The van der Waals surface area contributed by atoms with E-state index in [9.17, 15) is 18.0 Å². The fourth-order valence-electron chi connectivity index (χ4n) is 2.87. The van der Waals surface area contributed by atoms with E-state index in [1.54, 1.807) is 43.5 Å². The van der Waals surface area contributed by atoms with E-state index in [-0.39, 0.29) is 22.6 Å². The third-order valence-electron chi connectivity index (χ3n) is 4.39. The molecule has 9 heteroatoms. The van der Waals surface area contributed by atoms with Gasteiger partial charge in [0.15, 0.2) is 0 Å². The van der Waals surface area contributed by atoms with Crippen molar-refractivity contribution in [3.05, 3.63) is 82.3 Å². The van der Waals surface area contributed by atoms with E-state index >= 15 is 0 Å². The van der Waals surface area contributed by atoms with Gasteiger partial charge >= 0.3 is 0 Å². The number of rotatable bonds is 7. The number of fused-ring (bicyclic) bond motifs is 1. The highest BCUT2D eigenvalue weighted by atomic mass is 32.2. The van der Waals surface area contributed by atoms with Crippen LogP contribution in [-0.4, -0.2) is 31.3 Å². The van der Waals surface area contributed by atoms with Gasteiger partial charge in [-0.1, -0.05) is 18.2 Å². The summed E-state index contributed by atoms with van der Waals surface area (Å²) in [5.41, 5.74) is 5.20. The molecular weight excluding hydrogens is 392 g/mol. The number of pyridine rings is 2.